The Balaban J connectivity index is 1.51. The Morgan fingerprint density at radius 1 is 1.13 bits per heavy atom. The monoisotopic (exact) mass is 536 g/mol. The molecule has 9 nitrogen and oxygen atoms in total. The highest BCUT2D eigenvalue weighted by molar-refractivity contribution is 6.31. The molecule has 0 radical (unpaired) electrons. The molecule has 2 aromatic carbocycles. The van der Waals surface area contributed by atoms with Gasteiger partial charge in [-0.25, -0.2) is 19.0 Å². The molecule has 3 heterocycles. The number of ether oxygens (including phenoxy) is 1. The predicted molar refractivity (Wildman–Crippen MR) is 140 cm³/mol. The molecule has 1 atom stereocenters. The van der Waals surface area contributed by atoms with E-state index in [-0.39, 0.29) is 36.5 Å². The van der Waals surface area contributed by atoms with Crippen molar-refractivity contribution in [1.29, 1.82) is 0 Å². The summed E-state index contributed by atoms with van der Waals surface area (Å²) in [5, 5.41) is 5.19. The van der Waals surface area contributed by atoms with Crippen LogP contribution in [0.2, 0.25) is 5.02 Å². The standard InChI is InChI=1S/C27H26ClFN6O3/c1-15-8-20(27-30-14-31-34(27)4)18-6-5-7-23(26(18)32-15)38-13-21-19(9-17(29)10-22(21)28)16(2)35-12-24(36)33(3)11-25(35)37/h5-10,14,16H,11-13H2,1-4H3/t16-/m0/s1. The van der Waals surface area contributed by atoms with Crippen LogP contribution in [0.25, 0.3) is 22.3 Å². The van der Waals surface area contributed by atoms with Gasteiger partial charge in [-0.2, -0.15) is 5.10 Å². The van der Waals surface area contributed by atoms with Crippen LogP contribution >= 0.6 is 11.6 Å². The number of piperazine rings is 1. The maximum absolute atomic E-state index is 14.5. The topological polar surface area (TPSA) is 93.5 Å². The number of hydrogen-bond acceptors (Lipinski definition) is 6. The van der Waals surface area contributed by atoms with Crippen LogP contribution in [0.1, 0.15) is 29.8 Å². The van der Waals surface area contributed by atoms with Crippen molar-refractivity contribution < 1.29 is 18.7 Å². The lowest BCUT2D eigenvalue weighted by Crippen LogP contribution is -2.52. The Hall–Kier alpha value is -4.05. The van der Waals surface area contributed by atoms with E-state index in [0.717, 1.165) is 16.6 Å². The number of carbonyl (C=O) groups excluding carboxylic acids is 2. The third-order valence-corrected chi connectivity index (χ3v) is 7.13. The van der Waals surface area contributed by atoms with Crippen LogP contribution in [-0.2, 0) is 23.2 Å². The first kappa shape index (κ1) is 25.6. The zero-order chi connectivity index (χ0) is 27.1. The highest BCUT2D eigenvalue weighted by Gasteiger charge is 2.33. The molecule has 2 aromatic heterocycles. The van der Waals surface area contributed by atoms with Crippen molar-refractivity contribution in [3.63, 3.8) is 0 Å². The lowest BCUT2D eigenvalue weighted by Gasteiger charge is -2.36. The van der Waals surface area contributed by atoms with Crippen LogP contribution in [0.15, 0.2) is 42.7 Å². The third-order valence-electron chi connectivity index (χ3n) is 6.79. The number of benzene rings is 2. The van der Waals surface area contributed by atoms with E-state index in [9.17, 15) is 14.0 Å². The van der Waals surface area contributed by atoms with Crippen molar-refractivity contribution >= 4 is 34.3 Å². The molecule has 0 bridgehead atoms. The number of likely N-dealkylation sites (N-methyl/N-ethyl adjacent to an activating group) is 1. The molecule has 1 saturated heterocycles. The molecular weight excluding hydrogens is 511 g/mol. The van der Waals surface area contributed by atoms with Crippen molar-refractivity contribution in [3.8, 4) is 17.1 Å². The molecule has 196 valence electrons. The van der Waals surface area contributed by atoms with Gasteiger partial charge in [0.1, 0.15) is 36.6 Å². The van der Waals surface area contributed by atoms with Gasteiger partial charge in [-0.05, 0) is 43.7 Å². The fourth-order valence-electron chi connectivity index (χ4n) is 4.75. The van der Waals surface area contributed by atoms with Crippen molar-refractivity contribution in [1.82, 2.24) is 29.5 Å². The van der Waals surface area contributed by atoms with Gasteiger partial charge in [0.2, 0.25) is 11.8 Å². The summed E-state index contributed by atoms with van der Waals surface area (Å²) >= 11 is 6.49. The summed E-state index contributed by atoms with van der Waals surface area (Å²) in [6, 6.07) is 9.50. The first-order valence-corrected chi connectivity index (χ1v) is 12.4. The number of halogens is 2. The molecule has 1 aliphatic heterocycles. The number of hydrogen-bond donors (Lipinski definition) is 0. The number of amides is 2. The van der Waals surface area contributed by atoms with Crippen LogP contribution in [0.5, 0.6) is 5.75 Å². The number of aryl methyl sites for hydroxylation is 2. The number of fused-ring (bicyclic) bond motifs is 1. The van der Waals surface area contributed by atoms with Crippen LogP contribution in [0.3, 0.4) is 0 Å². The summed E-state index contributed by atoms with van der Waals surface area (Å²) in [5.74, 6) is 0.259. The number of carbonyl (C=O) groups is 2. The molecule has 1 fully saturated rings. The van der Waals surface area contributed by atoms with E-state index in [0.29, 0.717) is 28.2 Å². The second-order valence-corrected chi connectivity index (χ2v) is 9.77. The fraction of sp³-hybridized carbons (Fsp3) is 0.296. The highest BCUT2D eigenvalue weighted by Crippen LogP contribution is 2.35. The highest BCUT2D eigenvalue weighted by atomic mass is 35.5. The van der Waals surface area contributed by atoms with E-state index in [1.165, 1.54) is 28.3 Å². The lowest BCUT2D eigenvalue weighted by atomic mass is 9.99. The maximum Gasteiger partial charge on any atom is 0.243 e. The average molecular weight is 537 g/mol. The fourth-order valence-corrected chi connectivity index (χ4v) is 5.02. The number of para-hydroxylation sites is 1. The van der Waals surface area contributed by atoms with E-state index < -0.39 is 11.9 Å². The number of pyridine rings is 1. The molecule has 11 heteroatoms. The van der Waals surface area contributed by atoms with Crippen LogP contribution in [0.4, 0.5) is 4.39 Å². The summed E-state index contributed by atoms with van der Waals surface area (Å²) in [7, 11) is 3.40. The quantitative estimate of drug-likeness (QED) is 0.369. The van der Waals surface area contributed by atoms with E-state index in [1.807, 2.05) is 32.2 Å². The zero-order valence-electron chi connectivity index (χ0n) is 21.4. The van der Waals surface area contributed by atoms with Crippen molar-refractivity contribution in [2.45, 2.75) is 26.5 Å². The predicted octanol–water partition coefficient (Wildman–Crippen LogP) is 4.07. The Morgan fingerprint density at radius 2 is 1.92 bits per heavy atom. The molecule has 1 aliphatic rings. The third kappa shape index (κ3) is 4.67. The van der Waals surface area contributed by atoms with Gasteiger partial charge in [0.15, 0.2) is 5.82 Å². The molecule has 0 aliphatic carbocycles. The second-order valence-electron chi connectivity index (χ2n) is 9.36. The van der Waals surface area contributed by atoms with Gasteiger partial charge in [-0.15, -0.1) is 0 Å². The summed E-state index contributed by atoms with van der Waals surface area (Å²) < 4.78 is 22.4. The first-order chi connectivity index (χ1) is 18.1. The SMILES string of the molecule is Cc1cc(-c2ncnn2C)c2cccc(OCc3c(Cl)cc(F)cc3[C@H](C)N3CC(=O)N(C)CC3=O)c2n1. The lowest BCUT2D eigenvalue weighted by molar-refractivity contribution is -0.150. The summed E-state index contributed by atoms with van der Waals surface area (Å²) in [6.45, 7) is 3.51. The van der Waals surface area contributed by atoms with E-state index in [1.54, 1.807) is 24.7 Å². The summed E-state index contributed by atoms with van der Waals surface area (Å²) in [4.78, 5) is 36.9. The van der Waals surface area contributed by atoms with Crippen LogP contribution in [-0.4, -0.2) is 61.5 Å². The molecule has 5 rings (SSSR count). The molecular formula is C27H26ClFN6O3. The van der Waals surface area contributed by atoms with Gasteiger partial charge in [-0.3, -0.25) is 9.59 Å². The van der Waals surface area contributed by atoms with E-state index in [2.05, 4.69) is 10.1 Å². The van der Waals surface area contributed by atoms with Gasteiger partial charge in [0.05, 0.1) is 17.6 Å². The maximum atomic E-state index is 14.5. The molecule has 0 unspecified atom stereocenters. The van der Waals surface area contributed by atoms with Crippen LogP contribution < -0.4 is 4.74 Å². The van der Waals surface area contributed by atoms with Crippen molar-refractivity contribution in [3.05, 3.63) is 70.4 Å². The van der Waals surface area contributed by atoms with Crippen molar-refractivity contribution in [2.75, 3.05) is 20.1 Å². The second kappa shape index (κ2) is 10.0. The average Bonchev–Trinajstić information content (AvgIpc) is 3.30. The van der Waals surface area contributed by atoms with E-state index in [4.69, 9.17) is 21.3 Å². The number of nitrogens with zero attached hydrogens (tertiary/aromatic N) is 6. The van der Waals surface area contributed by atoms with E-state index >= 15 is 0 Å². The number of aromatic nitrogens is 4. The molecule has 0 N–H and O–H groups in total. The minimum Gasteiger partial charge on any atom is -0.487 e. The number of rotatable bonds is 6. The van der Waals surface area contributed by atoms with Gasteiger partial charge in [-0.1, -0.05) is 23.7 Å². The Labute approximate surface area is 223 Å². The molecule has 38 heavy (non-hydrogen) atoms. The van der Waals surface area contributed by atoms with Gasteiger partial charge in [0.25, 0.3) is 0 Å². The largest absolute Gasteiger partial charge is 0.487 e. The Morgan fingerprint density at radius 3 is 2.66 bits per heavy atom. The smallest absolute Gasteiger partial charge is 0.243 e. The minimum atomic E-state index is -0.595. The molecule has 0 spiro atoms. The molecule has 2 amide bonds. The minimum absolute atomic E-state index is 0.00267. The van der Waals surface area contributed by atoms with Gasteiger partial charge < -0.3 is 14.5 Å². The van der Waals surface area contributed by atoms with Crippen molar-refractivity contribution in [2.24, 2.45) is 7.05 Å². The first-order valence-electron chi connectivity index (χ1n) is 12.0. The molecule has 4 aromatic rings. The van der Waals surface area contributed by atoms with Gasteiger partial charge in [0, 0.05) is 36.3 Å². The Bertz CT molecular complexity index is 1570. The molecule has 0 saturated carbocycles. The van der Waals surface area contributed by atoms with Gasteiger partial charge >= 0.3 is 0 Å². The van der Waals surface area contributed by atoms with Crippen LogP contribution in [0, 0.1) is 12.7 Å². The summed E-state index contributed by atoms with van der Waals surface area (Å²) in [6.07, 6.45) is 1.50. The summed E-state index contributed by atoms with van der Waals surface area (Å²) in [5.41, 5.74) is 3.28. The normalized spacial score (nSPS) is 14.9. The Kier molecular flexibility index (Phi) is 6.75. The zero-order valence-corrected chi connectivity index (χ0v) is 22.2.